The molecule has 0 aromatic carbocycles. The van der Waals surface area contributed by atoms with E-state index in [1.54, 1.807) is 0 Å². The van der Waals surface area contributed by atoms with Crippen molar-refractivity contribution in [2.45, 2.75) is 37.5 Å². The van der Waals surface area contributed by atoms with Gasteiger partial charge in [0.25, 0.3) is 0 Å². The normalized spacial score (nSPS) is 89.0. The molecule has 0 bridgehead atoms. The van der Waals surface area contributed by atoms with Crippen molar-refractivity contribution in [1.29, 1.82) is 0 Å². The third kappa shape index (κ3) is 1.78. The Morgan fingerprint density at radius 2 is 2.00 bits per heavy atom. The summed E-state index contributed by atoms with van der Waals surface area (Å²) in [6.45, 7) is 0. The van der Waals surface area contributed by atoms with E-state index in [2.05, 4.69) is 0 Å². The molecule has 0 aromatic rings. The Morgan fingerprint density at radius 3 is 2.57 bits per heavy atom. The van der Waals surface area contributed by atoms with E-state index in [1.807, 2.05) is 0 Å². The lowest BCUT2D eigenvalue weighted by molar-refractivity contribution is 0.516. The predicted octanol–water partition coefficient (Wildman–Crippen LogP) is 2.19. The first-order valence-corrected chi connectivity index (χ1v) is 2.37. The number of hydrogen-bond donors (Lipinski definition) is 0. The summed E-state index contributed by atoms with van der Waals surface area (Å²) in [4.78, 5) is 0. The Hall–Kier alpha value is 0.430. The van der Waals surface area contributed by atoms with Crippen molar-refractivity contribution in [3.8, 4) is 0 Å². The zero-order valence-corrected chi connectivity index (χ0v) is 4.73. The molecule has 0 heterocycles. The Labute approximate surface area is 63.3 Å². The largest absolute Gasteiger partial charge is 0.134 e. The second kappa shape index (κ2) is 2.67. The highest BCUT2D eigenvalue weighted by atomic mass is 31.0. The standard InChI is InChI=1S/C6H13P/c7-6-4-2-1-3-5-6/h6H,1-5,7H2/i1D2,2D2,3D2,4D2,5D2,6D. The summed E-state index contributed by atoms with van der Waals surface area (Å²) in [5, 5.41) is 0. The molecule has 0 aromatic heterocycles. The summed E-state index contributed by atoms with van der Waals surface area (Å²) in [7, 11) is 1.49. The fraction of sp³-hybridized carbons (Fsp3) is 1.00. The molecule has 0 aliphatic heterocycles. The maximum atomic E-state index is 7.69. The van der Waals surface area contributed by atoms with Crippen molar-refractivity contribution in [2.24, 2.45) is 0 Å². The molecule has 0 saturated heterocycles. The molecule has 0 N–H and O–H groups in total. The van der Waals surface area contributed by atoms with Gasteiger partial charge in [-0.1, -0.05) is 19.1 Å². The third-order valence-corrected chi connectivity index (χ3v) is 0.808. The van der Waals surface area contributed by atoms with E-state index in [0.29, 0.717) is 0 Å². The van der Waals surface area contributed by atoms with Crippen LogP contribution in [-0.4, -0.2) is 5.64 Å². The first kappa shape index (κ1) is 0.904. The highest BCUT2D eigenvalue weighted by Gasteiger charge is 2.06. The van der Waals surface area contributed by atoms with E-state index in [9.17, 15) is 0 Å². The Balaban J connectivity index is 3.72. The lowest BCUT2D eigenvalue weighted by Gasteiger charge is -2.15. The fourth-order valence-corrected chi connectivity index (χ4v) is 0.404. The molecule has 7 heavy (non-hydrogen) atoms. The van der Waals surface area contributed by atoms with Crippen LogP contribution in [0.2, 0.25) is 0 Å². The topological polar surface area (TPSA) is 0 Å². The Bertz CT molecular complexity index is 253. The van der Waals surface area contributed by atoms with Crippen LogP contribution in [0.1, 0.15) is 46.9 Å². The van der Waals surface area contributed by atoms with Gasteiger partial charge >= 0.3 is 0 Å². The van der Waals surface area contributed by atoms with Crippen LogP contribution in [0.15, 0.2) is 0 Å². The minimum atomic E-state index is -3.42. The van der Waals surface area contributed by atoms with Gasteiger partial charge in [-0.2, -0.15) is 0 Å². The molecule has 1 unspecified atom stereocenters. The molecule has 0 nitrogen and oxygen atoms in total. The van der Waals surface area contributed by atoms with Gasteiger partial charge in [0, 0.05) is 15.1 Å². The first-order valence-electron chi connectivity index (χ1n) is 7.29. The summed E-state index contributed by atoms with van der Waals surface area (Å²) >= 11 is 0. The molecule has 0 amide bonds. The van der Waals surface area contributed by atoms with E-state index in [4.69, 9.17) is 15.1 Å². The summed E-state index contributed by atoms with van der Waals surface area (Å²) in [5.74, 6) is 0. The van der Waals surface area contributed by atoms with E-state index >= 15 is 0 Å². The van der Waals surface area contributed by atoms with Crippen LogP contribution in [0.3, 0.4) is 0 Å². The summed E-state index contributed by atoms with van der Waals surface area (Å²) < 4.78 is 82.8. The van der Waals surface area contributed by atoms with E-state index in [1.165, 1.54) is 9.24 Å². The van der Waals surface area contributed by atoms with Gasteiger partial charge in [0.2, 0.25) is 0 Å². The second-order valence-electron chi connectivity index (χ2n) is 1.04. The van der Waals surface area contributed by atoms with Gasteiger partial charge in [-0.15, -0.1) is 9.24 Å². The molecular weight excluding hydrogens is 103 g/mol. The quantitative estimate of drug-likeness (QED) is 0.437. The molecular formula is C6H13P. The molecule has 1 atom stereocenters. The molecule has 1 heteroatoms. The highest BCUT2D eigenvalue weighted by molar-refractivity contribution is 7.17. The summed E-state index contributed by atoms with van der Waals surface area (Å²) in [6, 6.07) is 0. The SMILES string of the molecule is [2H]C1([2H])C([2H])([2H])C([2H])([2H])C([2H])(P)C([2H])([2H])C1([2H])[2H]. The van der Waals surface area contributed by atoms with Gasteiger partial charge in [0.1, 0.15) is 0 Å². The monoisotopic (exact) mass is 127 g/mol. The van der Waals surface area contributed by atoms with Crippen molar-refractivity contribution in [1.82, 2.24) is 0 Å². The maximum Gasteiger partial charge on any atom is 0.0347 e. The van der Waals surface area contributed by atoms with E-state index in [0.717, 1.165) is 0 Å². The van der Waals surface area contributed by atoms with E-state index in [-0.39, 0.29) is 0 Å². The van der Waals surface area contributed by atoms with E-state index < -0.39 is 37.5 Å². The average Bonchev–Trinajstić information content (AvgIpc) is 2.14. The molecule has 1 saturated carbocycles. The van der Waals surface area contributed by atoms with Gasteiger partial charge in [-0.25, -0.2) is 0 Å². The van der Waals surface area contributed by atoms with Crippen molar-refractivity contribution in [2.75, 3.05) is 0 Å². The van der Waals surface area contributed by atoms with Crippen molar-refractivity contribution in [3.63, 3.8) is 0 Å². The molecule has 1 rings (SSSR count). The average molecular weight is 127 g/mol. The van der Waals surface area contributed by atoms with Crippen LogP contribution in [0.5, 0.6) is 0 Å². The molecule has 0 spiro atoms. The smallest absolute Gasteiger partial charge is 0.0347 e. The molecule has 1 aliphatic carbocycles. The third-order valence-electron chi connectivity index (χ3n) is 0.519. The van der Waals surface area contributed by atoms with Crippen molar-refractivity contribution in [3.05, 3.63) is 0 Å². The zero-order chi connectivity index (χ0) is 15.0. The van der Waals surface area contributed by atoms with Gasteiger partial charge in [-0.3, -0.25) is 0 Å². The lowest BCUT2D eigenvalue weighted by Crippen LogP contribution is -2.02. The van der Waals surface area contributed by atoms with Crippen LogP contribution in [0, 0.1) is 0 Å². The highest BCUT2D eigenvalue weighted by Crippen LogP contribution is 2.23. The Kier molecular flexibility index (Phi) is 0.345. The van der Waals surface area contributed by atoms with Gasteiger partial charge in [-0.05, 0) is 18.4 Å². The first-order chi connectivity index (χ1) is 7.50. The molecule has 1 fully saturated rings. The fourth-order valence-electron chi connectivity index (χ4n) is 0.260. The number of rotatable bonds is 0. The minimum Gasteiger partial charge on any atom is -0.134 e. The van der Waals surface area contributed by atoms with Crippen LogP contribution >= 0.6 is 9.24 Å². The second-order valence-corrected chi connectivity index (χ2v) is 1.62. The minimum absolute atomic E-state index is 1.49. The summed E-state index contributed by atoms with van der Waals surface area (Å²) in [5.41, 5.74) is -2.86. The molecule has 42 valence electrons. The van der Waals surface area contributed by atoms with Crippen molar-refractivity contribution < 1.29 is 15.1 Å². The zero-order valence-electron chi connectivity index (χ0n) is 14.6. The van der Waals surface area contributed by atoms with Gasteiger partial charge in [0.05, 0.1) is 0 Å². The summed E-state index contributed by atoms with van der Waals surface area (Å²) in [6.07, 6.45) is -16.6. The van der Waals surface area contributed by atoms with Crippen LogP contribution in [0.25, 0.3) is 0 Å². The van der Waals surface area contributed by atoms with Crippen LogP contribution in [0.4, 0.5) is 0 Å². The van der Waals surface area contributed by atoms with Crippen LogP contribution < -0.4 is 0 Å². The predicted molar refractivity (Wildman–Crippen MR) is 36.6 cm³/mol. The van der Waals surface area contributed by atoms with Gasteiger partial charge < -0.3 is 0 Å². The van der Waals surface area contributed by atoms with Crippen LogP contribution in [-0.2, 0) is 0 Å². The molecule has 0 radical (unpaired) electrons. The molecule has 1 aliphatic rings. The van der Waals surface area contributed by atoms with Gasteiger partial charge in [0.15, 0.2) is 0 Å². The maximum absolute atomic E-state index is 7.69. The number of hydrogen-bond acceptors (Lipinski definition) is 0. The van der Waals surface area contributed by atoms with Crippen molar-refractivity contribution >= 4 is 9.24 Å². The lowest BCUT2D eigenvalue weighted by atomic mass is 10.0. The Morgan fingerprint density at radius 1 is 1.43 bits per heavy atom.